The summed E-state index contributed by atoms with van der Waals surface area (Å²) in [6.07, 6.45) is 6.68. The molecule has 1 unspecified atom stereocenters. The third-order valence-corrected chi connectivity index (χ3v) is 4.38. The summed E-state index contributed by atoms with van der Waals surface area (Å²) in [5, 5.41) is 17.4. The lowest BCUT2D eigenvalue weighted by Crippen LogP contribution is -2.17. The van der Waals surface area contributed by atoms with Gasteiger partial charge in [-0.15, -0.1) is 5.10 Å². The Morgan fingerprint density at radius 2 is 2.26 bits per heavy atom. The Balaban J connectivity index is 1.75. The van der Waals surface area contributed by atoms with Gasteiger partial charge in [-0.2, -0.15) is 5.26 Å². The fraction of sp³-hybridized carbons (Fsp3) is 0.786. The van der Waals surface area contributed by atoms with Crippen molar-refractivity contribution >= 4 is 0 Å². The van der Waals surface area contributed by atoms with Crippen molar-refractivity contribution in [3.8, 4) is 6.07 Å². The van der Waals surface area contributed by atoms with Crippen molar-refractivity contribution in [2.24, 2.45) is 5.92 Å². The van der Waals surface area contributed by atoms with E-state index in [1.165, 1.54) is 25.7 Å². The Hall–Kier alpha value is -1.41. The molecule has 0 radical (unpaired) electrons. The van der Waals surface area contributed by atoms with Crippen LogP contribution in [-0.4, -0.2) is 28.2 Å². The van der Waals surface area contributed by atoms with Gasteiger partial charge in [-0.3, -0.25) is 0 Å². The topological polar surface area (TPSA) is 63.7 Å². The number of nitriles is 1. The second kappa shape index (κ2) is 5.70. The molecule has 1 atom stereocenters. The molecule has 5 heteroatoms. The van der Waals surface area contributed by atoms with Crippen LogP contribution in [0.3, 0.4) is 0 Å². The molecule has 102 valence electrons. The van der Waals surface area contributed by atoms with Gasteiger partial charge in [0.05, 0.1) is 24.8 Å². The number of hydrogen-bond donors (Lipinski definition) is 0. The Kier molecular flexibility index (Phi) is 3.79. The highest BCUT2D eigenvalue weighted by atomic mass is 16.5. The Labute approximate surface area is 113 Å². The number of aromatic nitrogens is 3. The first kappa shape index (κ1) is 12.6. The molecular formula is C14H20N4O. The molecule has 2 aliphatic rings. The van der Waals surface area contributed by atoms with E-state index < -0.39 is 0 Å². The predicted molar refractivity (Wildman–Crippen MR) is 69.5 cm³/mol. The molecule has 0 bridgehead atoms. The molecule has 3 rings (SSSR count). The third-order valence-electron chi connectivity index (χ3n) is 4.38. The van der Waals surface area contributed by atoms with Gasteiger partial charge in [0.15, 0.2) is 0 Å². The van der Waals surface area contributed by atoms with E-state index in [2.05, 4.69) is 16.4 Å². The summed E-state index contributed by atoms with van der Waals surface area (Å²) in [6, 6.07) is 2.19. The Morgan fingerprint density at radius 1 is 1.37 bits per heavy atom. The fourth-order valence-electron chi connectivity index (χ4n) is 3.01. The number of ether oxygens (including phenoxy) is 1. The van der Waals surface area contributed by atoms with Crippen molar-refractivity contribution in [2.45, 2.75) is 51.0 Å². The lowest BCUT2D eigenvalue weighted by atomic mass is 9.83. The lowest BCUT2D eigenvalue weighted by molar-refractivity contribution is 0.192. The molecule has 1 aromatic rings. The minimum absolute atomic E-state index is 0.356. The summed E-state index contributed by atoms with van der Waals surface area (Å²) in [4.78, 5) is 0. The highest BCUT2D eigenvalue weighted by Crippen LogP contribution is 2.31. The van der Waals surface area contributed by atoms with Gasteiger partial charge < -0.3 is 4.74 Å². The second-order valence-electron chi connectivity index (χ2n) is 5.63. The van der Waals surface area contributed by atoms with Crippen LogP contribution in [0.5, 0.6) is 0 Å². The zero-order valence-corrected chi connectivity index (χ0v) is 11.2. The molecule has 19 heavy (non-hydrogen) atoms. The smallest absolute Gasteiger partial charge is 0.100 e. The molecule has 0 amide bonds. The maximum absolute atomic E-state index is 8.90. The molecule has 0 spiro atoms. The van der Waals surface area contributed by atoms with E-state index in [1.807, 2.05) is 4.68 Å². The standard InChI is InChI=1S/C14H20N4O/c15-7-4-13-14(12-6-9-19-10-12)18(17-16-13)8-5-11-2-1-3-11/h11-12H,1-6,8-10H2. The van der Waals surface area contributed by atoms with Gasteiger partial charge in [0.2, 0.25) is 0 Å². The van der Waals surface area contributed by atoms with E-state index in [0.717, 1.165) is 43.5 Å². The molecule has 2 fully saturated rings. The van der Waals surface area contributed by atoms with E-state index in [4.69, 9.17) is 10.00 Å². The van der Waals surface area contributed by atoms with Crippen LogP contribution in [0.2, 0.25) is 0 Å². The molecule has 1 aromatic heterocycles. The highest BCUT2D eigenvalue weighted by Gasteiger charge is 2.27. The van der Waals surface area contributed by atoms with Gasteiger partial charge in [0, 0.05) is 19.1 Å². The molecule has 1 aliphatic carbocycles. The van der Waals surface area contributed by atoms with Crippen LogP contribution in [0.1, 0.15) is 49.4 Å². The third kappa shape index (κ3) is 2.64. The van der Waals surface area contributed by atoms with Crippen LogP contribution < -0.4 is 0 Å². The molecule has 1 saturated carbocycles. The predicted octanol–water partition coefficient (Wildman–Crippen LogP) is 2.04. The van der Waals surface area contributed by atoms with E-state index in [0.29, 0.717) is 12.3 Å². The van der Waals surface area contributed by atoms with Crippen LogP contribution in [0.4, 0.5) is 0 Å². The van der Waals surface area contributed by atoms with Crippen LogP contribution >= 0.6 is 0 Å². The summed E-state index contributed by atoms with van der Waals surface area (Å²) >= 11 is 0. The number of nitrogens with zero attached hydrogens (tertiary/aromatic N) is 4. The zero-order chi connectivity index (χ0) is 13.1. The minimum atomic E-state index is 0.356. The maximum atomic E-state index is 8.90. The van der Waals surface area contributed by atoms with Crippen LogP contribution in [0.25, 0.3) is 0 Å². The van der Waals surface area contributed by atoms with E-state index in [9.17, 15) is 0 Å². The summed E-state index contributed by atoms with van der Waals surface area (Å²) in [5.41, 5.74) is 2.00. The van der Waals surface area contributed by atoms with Crippen molar-refractivity contribution in [1.82, 2.24) is 15.0 Å². The lowest BCUT2D eigenvalue weighted by Gasteiger charge is -2.25. The molecule has 2 heterocycles. The first-order valence-electron chi connectivity index (χ1n) is 7.25. The average molecular weight is 260 g/mol. The summed E-state index contributed by atoms with van der Waals surface area (Å²) in [5.74, 6) is 1.25. The van der Waals surface area contributed by atoms with Crippen molar-refractivity contribution in [2.75, 3.05) is 13.2 Å². The van der Waals surface area contributed by atoms with Gasteiger partial charge in [-0.05, 0) is 18.8 Å². The van der Waals surface area contributed by atoms with E-state index in [1.54, 1.807) is 0 Å². The first-order chi connectivity index (χ1) is 9.38. The Morgan fingerprint density at radius 3 is 2.89 bits per heavy atom. The number of hydrogen-bond acceptors (Lipinski definition) is 4. The van der Waals surface area contributed by atoms with Gasteiger partial charge >= 0.3 is 0 Å². The largest absolute Gasteiger partial charge is 0.381 e. The monoisotopic (exact) mass is 260 g/mol. The number of rotatable bonds is 5. The van der Waals surface area contributed by atoms with E-state index in [-0.39, 0.29) is 0 Å². The molecule has 1 saturated heterocycles. The van der Waals surface area contributed by atoms with Gasteiger partial charge in [-0.1, -0.05) is 24.5 Å². The quantitative estimate of drug-likeness (QED) is 0.812. The second-order valence-corrected chi connectivity index (χ2v) is 5.63. The van der Waals surface area contributed by atoms with Crippen LogP contribution in [-0.2, 0) is 17.7 Å². The van der Waals surface area contributed by atoms with Crippen molar-refractivity contribution in [1.29, 1.82) is 5.26 Å². The van der Waals surface area contributed by atoms with Gasteiger partial charge in [0.1, 0.15) is 5.69 Å². The normalized spacial score (nSPS) is 23.2. The summed E-state index contributed by atoms with van der Waals surface area (Å²) in [6.45, 7) is 2.49. The molecule has 0 aromatic carbocycles. The Bertz CT molecular complexity index is 466. The van der Waals surface area contributed by atoms with E-state index >= 15 is 0 Å². The molecule has 5 nitrogen and oxygen atoms in total. The summed E-state index contributed by atoms with van der Waals surface area (Å²) in [7, 11) is 0. The van der Waals surface area contributed by atoms with Crippen LogP contribution in [0, 0.1) is 17.2 Å². The fourth-order valence-corrected chi connectivity index (χ4v) is 3.01. The molecule has 1 aliphatic heterocycles. The van der Waals surface area contributed by atoms with Gasteiger partial charge in [-0.25, -0.2) is 4.68 Å². The highest BCUT2D eigenvalue weighted by molar-refractivity contribution is 5.20. The number of aryl methyl sites for hydroxylation is 1. The minimum Gasteiger partial charge on any atom is -0.381 e. The average Bonchev–Trinajstić information content (AvgIpc) is 2.96. The van der Waals surface area contributed by atoms with Crippen molar-refractivity contribution < 1.29 is 4.74 Å². The van der Waals surface area contributed by atoms with Gasteiger partial charge in [0.25, 0.3) is 0 Å². The first-order valence-corrected chi connectivity index (χ1v) is 7.25. The summed E-state index contributed by atoms with van der Waals surface area (Å²) < 4.78 is 7.51. The SMILES string of the molecule is N#CCc1nnn(CCC2CCC2)c1C1CCOC1. The van der Waals surface area contributed by atoms with Crippen LogP contribution in [0.15, 0.2) is 0 Å². The van der Waals surface area contributed by atoms with Crippen molar-refractivity contribution in [3.63, 3.8) is 0 Å². The van der Waals surface area contributed by atoms with Crippen molar-refractivity contribution in [3.05, 3.63) is 11.4 Å². The zero-order valence-electron chi connectivity index (χ0n) is 11.2. The molecular weight excluding hydrogens is 240 g/mol. The maximum Gasteiger partial charge on any atom is 0.100 e. The molecule has 0 N–H and O–H groups in total.